The van der Waals surface area contributed by atoms with Crippen LogP contribution in [-0.2, 0) is 109 Å². The summed E-state index contributed by atoms with van der Waals surface area (Å²) in [5, 5.41) is 60.8. The number of aliphatic carboxylic acids is 1. The van der Waals surface area contributed by atoms with E-state index in [2.05, 4.69) is 78.8 Å². The number of carboxylic acids is 1. The summed E-state index contributed by atoms with van der Waals surface area (Å²) in [5.74, 6) is -20.1. The lowest BCUT2D eigenvalue weighted by molar-refractivity contribution is -0.142. The summed E-state index contributed by atoms with van der Waals surface area (Å²) in [5.41, 5.74) is 26.7. The summed E-state index contributed by atoms with van der Waals surface area (Å²) in [6.45, 7) is 10.3. The fourth-order valence-corrected chi connectivity index (χ4v) is 16.5. The molecular weight excluding hydrogens is 1670 g/mol. The summed E-state index contributed by atoms with van der Waals surface area (Å²) in [6.07, 6.45) is 2.85. The van der Waals surface area contributed by atoms with Crippen LogP contribution in [0, 0.1) is 23.2 Å². The molecule has 3 aromatic carbocycles. The highest BCUT2D eigenvalue weighted by atomic mass is 33.1. The van der Waals surface area contributed by atoms with Gasteiger partial charge in [0, 0.05) is 111 Å². The topological polar surface area (TPSA) is 642 Å². The van der Waals surface area contributed by atoms with Crippen molar-refractivity contribution in [2.75, 3.05) is 38.7 Å². The van der Waals surface area contributed by atoms with Gasteiger partial charge >= 0.3 is 5.97 Å². The quantitative estimate of drug-likeness (QED) is 0.0104. The van der Waals surface area contributed by atoms with E-state index in [0.717, 1.165) is 31.4 Å². The van der Waals surface area contributed by atoms with Crippen LogP contribution in [0.5, 0.6) is 5.75 Å². The Morgan fingerprint density at radius 1 is 0.651 bits per heavy atom. The molecule has 126 heavy (non-hydrogen) atoms. The first-order chi connectivity index (χ1) is 59.7. The molecule has 7 rings (SSSR count). The molecule has 6 aromatic rings. The first kappa shape index (κ1) is 100. The lowest BCUT2D eigenvalue weighted by atomic mass is 9.97. The maximum atomic E-state index is 15.5. The van der Waals surface area contributed by atoms with Crippen LogP contribution in [0.25, 0.3) is 21.8 Å². The Hall–Kier alpha value is -12.8. The first-order valence-corrected chi connectivity index (χ1v) is 43.7. The van der Waals surface area contributed by atoms with Gasteiger partial charge in [-0.25, -0.2) is 4.98 Å². The second kappa shape index (κ2) is 47.9. The average Bonchev–Trinajstić information content (AvgIpc) is 1.65. The number of nitrogens with zero attached hydrogens (tertiary/aromatic N) is 4. The monoisotopic (exact) mass is 1790 g/mol. The Balaban J connectivity index is 1.36. The van der Waals surface area contributed by atoms with Gasteiger partial charge in [0.15, 0.2) is 5.96 Å². The molecule has 3 aromatic heterocycles. The van der Waals surface area contributed by atoms with Crippen LogP contribution in [-0.4, -0.2) is 257 Å². The number of likely N-dealkylation sites (N-methyl/N-ethyl adjacent to an activating group) is 2. The number of benzene rings is 3. The lowest BCUT2D eigenvalue weighted by Gasteiger charge is -2.33. The van der Waals surface area contributed by atoms with Gasteiger partial charge in [0.25, 0.3) is 0 Å². The molecule has 15 unspecified atom stereocenters. The number of phenols is 1. The van der Waals surface area contributed by atoms with Gasteiger partial charge < -0.3 is 121 Å². The van der Waals surface area contributed by atoms with Crippen LogP contribution in [0.15, 0.2) is 97.7 Å². The number of aromatic amines is 2. The zero-order valence-electron chi connectivity index (χ0n) is 71.9. The minimum absolute atomic E-state index is 0.0137. The number of para-hydroxylation sites is 2. The van der Waals surface area contributed by atoms with Crippen molar-refractivity contribution in [2.45, 2.75) is 198 Å². The van der Waals surface area contributed by atoms with Crippen LogP contribution in [0.4, 0.5) is 0 Å². The first-order valence-electron chi connectivity index (χ1n) is 41.2. The number of hydrogen-bond donors (Lipinski definition) is 21. The fraction of sp³-hybridized carbons (Fsp3) is 0.494. The predicted molar refractivity (Wildman–Crippen MR) is 470 cm³/mol. The van der Waals surface area contributed by atoms with E-state index in [1.165, 1.54) is 45.7 Å². The van der Waals surface area contributed by atoms with E-state index in [-0.39, 0.29) is 62.9 Å². The molecule has 15 atom stereocenters. The number of nitrogens with one attached hydrogen (secondary N) is 15. The minimum atomic E-state index is -2.07. The Morgan fingerprint density at radius 3 is 1.86 bits per heavy atom. The summed E-state index contributed by atoms with van der Waals surface area (Å²) in [7, 11) is 5.95. The number of primary amides is 2. The van der Waals surface area contributed by atoms with Gasteiger partial charge in [-0.1, -0.05) is 125 Å². The van der Waals surface area contributed by atoms with Crippen LogP contribution < -0.4 is 86.7 Å². The van der Waals surface area contributed by atoms with Crippen LogP contribution >= 0.6 is 21.6 Å². The second-order valence-corrected chi connectivity index (χ2v) is 34.3. The van der Waals surface area contributed by atoms with E-state index < -0.39 is 234 Å². The van der Waals surface area contributed by atoms with Gasteiger partial charge in [0.1, 0.15) is 78.3 Å². The number of aryl methyl sites for hydroxylation is 1. The zero-order chi connectivity index (χ0) is 92.9. The van der Waals surface area contributed by atoms with E-state index in [9.17, 15) is 58.2 Å². The van der Waals surface area contributed by atoms with Gasteiger partial charge in [0.2, 0.25) is 88.6 Å². The number of hydrogen-bond acceptors (Lipinski definition) is 22. The molecule has 15 amide bonds. The minimum Gasteiger partial charge on any atom is -0.508 e. The number of guanidine groups is 1. The highest BCUT2D eigenvalue weighted by molar-refractivity contribution is 8.76. The number of carboxylic acid groups (broad SMARTS) is 1. The van der Waals surface area contributed by atoms with Gasteiger partial charge in [-0.15, -0.1) is 0 Å². The number of phenolic OH excluding ortho intramolecular Hbond substituents is 1. The number of carbonyl (C=O) groups is 16. The maximum Gasteiger partial charge on any atom is 0.305 e. The molecule has 1 aliphatic rings. The Kier molecular flexibility index (Phi) is 38.1. The highest BCUT2D eigenvalue weighted by Crippen LogP contribution is 2.28. The van der Waals surface area contributed by atoms with Crippen molar-refractivity contribution < 1.29 is 86.9 Å². The number of aromatic nitrogens is 4. The molecule has 1 saturated heterocycles. The van der Waals surface area contributed by atoms with Gasteiger partial charge in [-0.05, 0) is 91.3 Å². The normalized spacial score (nSPS) is 21.9. The zero-order valence-corrected chi connectivity index (χ0v) is 73.6. The third-order valence-electron chi connectivity index (χ3n) is 21.6. The van der Waals surface area contributed by atoms with Crippen molar-refractivity contribution in [1.29, 1.82) is 5.41 Å². The third-order valence-corrected chi connectivity index (χ3v) is 24.1. The second-order valence-electron chi connectivity index (χ2n) is 31.7. The summed E-state index contributed by atoms with van der Waals surface area (Å²) in [4.78, 5) is 245. The number of imidazole rings is 1. The molecule has 0 radical (unpaired) electrons. The van der Waals surface area contributed by atoms with E-state index in [1.807, 2.05) is 0 Å². The van der Waals surface area contributed by atoms with E-state index in [1.54, 1.807) is 126 Å². The van der Waals surface area contributed by atoms with Crippen molar-refractivity contribution in [2.24, 2.45) is 47.7 Å². The Labute approximate surface area is 735 Å². The Morgan fingerprint density at radius 2 is 1.23 bits per heavy atom. The molecular formula is C83H117N23O18S2. The Bertz CT molecular complexity index is 4870. The summed E-state index contributed by atoms with van der Waals surface area (Å²) < 4.78 is 1.75. The molecule has 0 bridgehead atoms. The molecule has 4 heterocycles. The van der Waals surface area contributed by atoms with E-state index >= 15 is 28.8 Å². The van der Waals surface area contributed by atoms with Crippen LogP contribution in [0.1, 0.15) is 116 Å². The molecule has 43 heteroatoms. The predicted octanol–water partition coefficient (Wildman–Crippen LogP) is -2.04. The van der Waals surface area contributed by atoms with Crippen molar-refractivity contribution in [3.8, 4) is 5.75 Å². The molecule has 1 aliphatic heterocycles. The average molecular weight is 1790 g/mol. The van der Waals surface area contributed by atoms with Crippen molar-refractivity contribution >= 4 is 144 Å². The van der Waals surface area contributed by atoms with Gasteiger partial charge in [0.05, 0.1) is 25.3 Å². The molecule has 0 saturated carbocycles. The number of fused-ring (bicyclic) bond motifs is 2. The molecule has 0 spiro atoms. The van der Waals surface area contributed by atoms with Crippen molar-refractivity contribution in [3.05, 3.63) is 120 Å². The third kappa shape index (κ3) is 29.4. The van der Waals surface area contributed by atoms with E-state index in [4.69, 9.17) is 28.3 Å². The molecule has 25 N–H and O–H groups in total. The van der Waals surface area contributed by atoms with E-state index in [0.29, 0.717) is 44.9 Å². The number of rotatable bonds is 29. The number of nitrogens with two attached hydrogens (primary N) is 4. The van der Waals surface area contributed by atoms with Crippen molar-refractivity contribution in [3.63, 3.8) is 0 Å². The van der Waals surface area contributed by atoms with Gasteiger partial charge in [-0.3, -0.25) is 82.1 Å². The number of amides is 15. The lowest BCUT2D eigenvalue weighted by Crippen LogP contribution is -2.62. The summed E-state index contributed by atoms with van der Waals surface area (Å²) >= 11 is 0. The van der Waals surface area contributed by atoms with Crippen LogP contribution in [0.2, 0.25) is 0 Å². The van der Waals surface area contributed by atoms with Crippen LogP contribution in [0.3, 0.4) is 0 Å². The van der Waals surface area contributed by atoms with Gasteiger partial charge in [-0.2, -0.15) is 0 Å². The number of aromatic hydroxyl groups is 1. The standard InChI is InChI=1S/C83H117N23O18S2/c1-11-43(5)68(103-72(114)53(84)30-46-23-25-50(107)26-24-46)80(122)100-61-39-125-126-40-62(82(124)106(10)69(70(86)112)44(6)12-2)101-73(115)55(21-17-29-90-83(87)88)94-76(118)58(33-49-36-89-41-92-49)96-71(113)45(7)93-65(109)38-105(9)81(123)60(31-47-35-91-54-20-15-13-18-51(47)54)99-77(119)59(34-66(110)111)97-74(116)56(27-28-64(85)108)95-75(117)57(98-79(121)67(42(3)4)102-78(61)120)32-48-37-104(8)63-22-16-14-19-52(48)63/h13-16,18-20,22-26,35-37,41-45,53,55-62,67-69,91,107H,11-12,17,21,27-34,38-40,84H2,1-10H3,(H2,85,108)(H2,86,112)(H,89,92)(H,93,109)(H,94,118)(H,95,117)(H,96,113)(H,97,116)(H,98,121)(H,99,119)(H,100,122)(H,101,115)(H,102,120)(H,103,114)(H,110,111)(H4,87,88,90). The SMILES string of the molecule is CCC(C)C(NC(=O)C(N)Cc1ccc(O)cc1)C(=O)NC1CSSCC(C(=O)N(C)C(C(N)=O)C(C)CC)NC(=O)C(CCCNC(=N)N)NC(=O)C(Cc2cnc[nH]2)NC(=O)C(C)NC(=O)CN(C)C(=O)C(Cc2c[nH]c3ccccc23)NC(=O)C(CC(=O)O)NC(=O)C(CCC(N)=O)NC(=O)C(Cc2cn(C)c3ccccc23)NC(=O)C(C(C)C)NC1=O. The summed E-state index contributed by atoms with van der Waals surface area (Å²) in [6, 6.07) is -1.05. The smallest absolute Gasteiger partial charge is 0.305 e. The molecule has 684 valence electrons. The molecule has 0 aliphatic carbocycles. The fourth-order valence-electron chi connectivity index (χ4n) is 14.2. The number of H-pyrrole nitrogens is 2. The van der Waals surface area contributed by atoms with Crippen molar-refractivity contribution in [1.82, 2.24) is 93.1 Å². The highest BCUT2D eigenvalue weighted by Gasteiger charge is 2.41. The largest absolute Gasteiger partial charge is 0.508 e. The number of carbonyl (C=O) groups excluding carboxylic acids is 15. The maximum absolute atomic E-state index is 15.5. The molecule has 41 nitrogen and oxygen atoms in total. The molecule has 1 fully saturated rings.